The molecule has 0 aliphatic heterocycles. The van der Waals surface area contributed by atoms with Gasteiger partial charge in [0, 0.05) is 20.6 Å². The molecule has 0 spiro atoms. The minimum Gasteiger partial charge on any atom is -0.366 e. The van der Waals surface area contributed by atoms with E-state index in [-0.39, 0.29) is 0 Å². The quantitative estimate of drug-likeness (QED) is 0.561. The van der Waals surface area contributed by atoms with Gasteiger partial charge in [-0.15, -0.1) is 0 Å². The van der Waals surface area contributed by atoms with Crippen molar-refractivity contribution in [1.82, 2.24) is 10.2 Å². The van der Waals surface area contributed by atoms with Gasteiger partial charge in [0.15, 0.2) is 5.11 Å². The van der Waals surface area contributed by atoms with Crippen molar-refractivity contribution in [3.05, 3.63) is 0 Å². The van der Waals surface area contributed by atoms with Gasteiger partial charge in [0.2, 0.25) is 0 Å². The van der Waals surface area contributed by atoms with Crippen LogP contribution in [0.5, 0.6) is 0 Å². The third kappa shape index (κ3) is 3.63. The van der Waals surface area contributed by atoms with Crippen LogP contribution in [-0.2, 0) is 0 Å². The molecule has 0 aliphatic rings. The van der Waals surface area contributed by atoms with E-state index in [1.807, 2.05) is 19.0 Å². The van der Waals surface area contributed by atoms with Crippen LogP contribution in [0.1, 0.15) is 6.42 Å². The SMILES string of the molecule is CNC(=S)N(C)CCCN. The zero-order valence-electron chi connectivity index (χ0n) is 6.55. The summed E-state index contributed by atoms with van der Waals surface area (Å²) in [5, 5.41) is 3.66. The Bertz CT molecular complexity index is 105. The van der Waals surface area contributed by atoms with Crippen LogP contribution >= 0.6 is 12.2 Å². The first-order chi connectivity index (χ1) is 4.72. The normalized spacial score (nSPS) is 9.10. The first kappa shape index (κ1) is 9.65. The molecule has 0 radical (unpaired) electrons. The van der Waals surface area contributed by atoms with Gasteiger partial charge in [-0.2, -0.15) is 0 Å². The van der Waals surface area contributed by atoms with Gasteiger partial charge in [0.25, 0.3) is 0 Å². The van der Waals surface area contributed by atoms with Crippen LogP contribution in [0.4, 0.5) is 0 Å². The molecular formula is C6H15N3S. The minimum atomic E-state index is 0.719. The summed E-state index contributed by atoms with van der Waals surface area (Å²) < 4.78 is 0. The molecule has 10 heavy (non-hydrogen) atoms. The van der Waals surface area contributed by atoms with E-state index in [4.69, 9.17) is 18.0 Å². The van der Waals surface area contributed by atoms with Crippen LogP contribution < -0.4 is 11.1 Å². The van der Waals surface area contributed by atoms with Crippen LogP contribution in [0.3, 0.4) is 0 Å². The molecule has 0 rings (SSSR count). The van der Waals surface area contributed by atoms with Gasteiger partial charge < -0.3 is 16.0 Å². The Balaban J connectivity index is 3.41. The number of hydrogen-bond acceptors (Lipinski definition) is 2. The van der Waals surface area contributed by atoms with E-state index in [2.05, 4.69) is 5.32 Å². The van der Waals surface area contributed by atoms with E-state index in [1.165, 1.54) is 0 Å². The predicted molar refractivity (Wildman–Crippen MR) is 48.0 cm³/mol. The predicted octanol–water partition coefficient (Wildman–Crippen LogP) is -0.229. The van der Waals surface area contributed by atoms with E-state index in [0.29, 0.717) is 0 Å². The van der Waals surface area contributed by atoms with Crippen molar-refractivity contribution in [3.8, 4) is 0 Å². The Morgan fingerprint density at radius 1 is 1.70 bits per heavy atom. The molecule has 0 saturated carbocycles. The summed E-state index contributed by atoms with van der Waals surface area (Å²) in [5.74, 6) is 0. The second-order valence-electron chi connectivity index (χ2n) is 2.12. The largest absolute Gasteiger partial charge is 0.366 e. The molecule has 0 atom stereocenters. The highest BCUT2D eigenvalue weighted by Crippen LogP contribution is 1.85. The lowest BCUT2D eigenvalue weighted by Crippen LogP contribution is -2.35. The average molecular weight is 161 g/mol. The van der Waals surface area contributed by atoms with Crippen LogP contribution in [0.25, 0.3) is 0 Å². The lowest BCUT2D eigenvalue weighted by molar-refractivity contribution is 0.487. The fourth-order valence-corrected chi connectivity index (χ4v) is 0.712. The maximum atomic E-state index is 5.33. The molecular weight excluding hydrogens is 146 g/mol. The van der Waals surface area contributed by atoms with Crippen LogP contribution in [0.15, 0.2) is 0 Å². The number of thiocarbonyl (C=S) groups is 1. The zero-order chi connectivity index (χ0) is 7.98. The standard InChI is InChI=1S/C6H15N3S/c1-8-6(10)9(2)5-3-4-7/h3-5,7H2,1-2H3,(H,8,10). The molecule has 0 fully saturated rings. The molecule has 0 aromatic carbocycles. The molecule has 0 heterocycles. The van der Waals surface area contributed by atoms with Crippen molar-refractivity contribution >= 4 is 17.3 Å². The summed E-state index contributed by atoms with van der Waals surface area (Å²) in [5.41, 5.74) is 5.33. The van der Waals surface area contributed by atoms with Gasteiger partial charge in [-0.3, -0.25) is 0 Å². The highest BCUT2D eigenvalue weighted by Gasteiger charge is 1.98. The van der Waals surface area contributed by atoms with Crippen molar-refractivity contribution in [2.45, 2.75) is 6.42 Å². The summed E-state index contributed by atoms with van der Waals surface area (Å²) >= 11 is 4.97. The maximum Gasteiger partial charge on any atom is 0.168 e. The van der Waals surface area contributed by atoms with E-state index in [0.717, 1.165) is 24.6 Å². The summed E-state index contributed by atoms with van der Waals surface area (Å²) in [7, 11) is 3.77. The fraction of sp³-hybridized carbons (Fsp3) is 0.833. The van der Waals surface area contributed by atoms with Gasteiger partial charge in [0.1, 0.15) is 0 Å². The van der Waals surface area contributed by atoms with Gasteiger partial charge >= 0.3 is 0 Å². The number of rotatable bonds is 3. The molecule has 4 heteroatoms. The Morgan fingerprint density at radius 3 is 2.70 bits per heavy atom. The molecule has 0 unspecified atom stereocenters. The second kappa shape index (κ2) is 5.44. The summed E-state index contributed by atoms with van der Waals surface area (Å²) in [6, 6.07) is 0. The monoisotopic (exact) mass is 161 g/mol. The lowest BCUT2D eigenvalue weighted by atomic mass is 10.4. The van der Waals surface area contributed by atoms with Gasteiger partial charge in [-0.1, -0.05) is 0 Å². The van der Waals surface area contributed by atoms with E-state index in [9.17, 15) is 0 Å². The van der Waals surface area contributed by atoms with Crippen molar-refractivity contribution in [2.75, 3.05) is 27.2 Å². The molecule has 0 aromatic rings. The summed E-state index contributed by atoms with van der Waals surface area (Å²) in [6.45, 7) is 1.65. The molecule has 0 amide bonds. The zero-order valence-corrected chi connectivity index (χ0v) is 7.37. The Morgan fingerprint density at radius 2 is 2.30 bits per heavy atom. The first-order valence-corrected chi connectivity index (χ1v) is 3.76. The Labute approximate surface area is 67.6 Å². The van der Waals surface area contributed by atoms with Crippen molar-refractivity contribution in [3.63, 3.8) is 0 Å². The van der Waals surface area contributed by atoms with Gasteiger partial charge in [0.05, 0.1) is 0 Å². The molecule has 0 aromatic heterocycles. The highest BCUT2D eigenvalue weighted by molar-refractivity contribution is 7.80. The van der Waals surface area contributed by atoms with Gasteiger partial charge in [-0.05, 0) is 25.2 Å². The van der Waals surface area contributed by atoms with Gasteiger partial charge in [-0.25, -0.2) is 0 Å². The van der Waals surface area contributed by atoms with Crippen molar-refractivity contribution in [2.24, 2.45) is 5.73 Å². The maximum absolute atomic E-state index is 5.33. The van der Waals surface area contributed by atoms with Crippen LogP contribution in [0.2, 0.25) is 0 Å². The van der Waals surface area contributed by atoms with Crippen molar-refractivity contribution in [1.29, 1.82) is 0 Å². The number of nitrogens with two attached hydrogens (primary N) is 1. The van der Waals surface area contributed by atoms with E-state index >= 15 is 0 Å². The molecule has 0 saturated heterocycles. The molecule has 60 valence electrons. The second-order valence-corrected chi connectivity index (χ2v) is 2.51. The highest BCUT2D eigenvalue weighted by atomic mass is 32.1. The first-order valence-electron chi connectivity index (χ1n) is 3.35. The van der Waals surface area contributed by atoms with Crippen LogP contribution in [-0.4, -0.2) is 37.2 Å². The molecule has 3 nitrogen and oxygen atoms in total. The topological polar surface area (TPSA) is 41.3 Å². The smallest absolute Gasteiger partial charge is 0.168 e. The summed E-state index contributed by atoms with van der Waals surface area (Å²) in [4.78, 5) is 1.97. The number of nitrogens with one attached hydrogen (secondary N) is 1. The third-order valence-electron chi connectivity index (χ3n) is 1.26. The molecule has 3 N–H and O–H groups in total. The van der Waals surface area contributed by atoms with E-state index in [1.54, 1.807) is 0 Å². The average Bonchev–Trinajstić information content (AvgIpc) is 1.98. The molecule has 0 bridgehead atoms. The lowest BCUT2D eigenvalue weighted by Gasteiger charge is -2.18. The van der Waals surface area contributed by atoms with Crippen LogP contribution in [0, 0.1) is 0 Å². The minimum absolute atomic E-state index is 0.719. The number of hydrogen-bond donors (Lipinski definition) is 2. The third-order valence-corrected chi connectivity index (χ3v) is 1.77. The summed E-state index contributed by atoms with van der Waals surface area (Å²) in [6.07, 6.45) is 0.984. The fourth-order valence-electron chi connectivity index (χ4n) is 0.621. The Kier molecular flexibility index (Phi) is 5.25. The number of nitrogens with zero attached hydrogens (tertiary/aromatic N) is 1. The van der Waals surface area contributed by atoms with E-state index < -0.39 is 0 Å². The van der Waals surface area contributed by atoms with Crippen molar-refractivity contribution < 1.29 is 0 Å². The Hall–Kier alpha value is -0.350. The molecule has 0 aliphatic carbocycles.